The van der Waals surface area contributed by atoms with Gasteiger partial charge < -0.3 is 15.7 Å². The van der Waals surface area contributed by atoms with E-state index in [9.17, 15) is 9.59 Å². The molecule has 1 fully saturated rings. The Balaban J connectivity index is 2.44. The first-order valence-corrected chi connectivity index (χ1v) is 5.87. The molecule has 0 radical (unpaired) electrons. The molecule has 5 nitrogen and oxygen atoms in total. The summed E-state index contributed by atoms with van der Waals surface area (Å²) >= 11 is 1.10. The molecule has 0 aromatic rings. The molecule has 0 spiro atoms. The molecule has 86 valence electrons. The summed E-state index contributed by atoms with van der Waals surface area (Å²) in [6.45, 7) is 3.75. The Morgan fingerprint density at radius 2 is 2.40 bits per heavy atom. The molecule has 2 amide bonds. The van der Waals surface area contributed by atoms with Gasteiger partial charge in [-0.3, -0.25) is 9.59 Å². The van der Waals surface area contributed by atoms with E-state index in [0.29, 0.717) is 5.75 Å². The van der Waals surface area contributed by atoms with Crippen molar-refractivity contribution in [3.8, 4) is 0 Å². The van der Waals surface area contributed by atoms with Crippen LogP contribution in [0, 0.1) is 5.92 Å². The minimum Gasteiger partial charge on any atom is -0.394 e. The van der Waals surface area contributed by atoms with Crippen molar-refractivity contribution < 1.29 is 14.7 Å². The van der Waals surface area contributed by atoms with Crippen LogP contribution in [0.2, 0.25) is 0 Å². The molecule has 1 heterocycles. The Kier molecular flexibility index (Phi) is 4.41. The van der Waals surface area contributed by atoms with Gasteiger partial charge in [0.1, 0.15) is 6.04 Å². The largest absolute Gasteiger partial charge is 0.394 e. The second kappa shape index (κ2) is 5.37. The van der Waals surface area contributed by atoms with Crippen molar-refractivity contribution in [1.82, 2.24) is 10.6 Å². The molecule has 1 saturated heterocycles. The first kappa shape index (κ1) is 12.3. The summed E-state index contributed by atoms with van der Waals surface area (Å²) in [6.07, 6.45) is 0. The van der Waals surface area contributed by atoms with Crippen molar-refractivity contribution in [2.24, 2.45) is 5.92 Å². The van der Waals surface area contributed by atoms with Crippen LogP contribution in [0.4, 0.5) is 4.79 Å². The number of hydrogen-bond donors (Lipinski definition) is 3. The minimum absolute atomic E-state index is 0.0861. The van der Waals surface area contributed by atoms with Gasteiger partial charge in [-0.05, 0) is 5.92 Å². The Morgan fingerprint density at radius 3 is 2.80 bits per heavy atom. The van der Waals surface area contributed by atoms with E-state index in [1.807, 2.05) is 13.8 Å². The normalized spacial score (nSPS) is 22.7. The summed E-state index contributed by atoms with van der Waals surface area (Å²) in [5.74, 6) is 0.408. The Labute approximate surface area is 93.0 Å². The summed E-state index contributed by atoms with van der Waals surface area (Å²) in [4.78, 5) is 22.5. The highest BCUT2D eigenvalue weighted by molar-refractivity contribution is 8.14. The van der Waals surface area contributed by atoms with Crippen LogP contribution in [0.25, 0.3) is 0 Å². The fraction of sp³-hybridized carbons (Fsp3) is 0.778. The zero-order chi connectivity index (χ0) is 11.4. The molecule has 1 aliphatic rings. The Bertz CT molecular complexity index is 258. The molecule has 1 aliphatic heterocycles. The summed E-state index contributed by atoms with van der Waals surface area (Å²) < 4.78 is 0. The molecule has 3 N–H and O–H groups in total. The van der Waals surface area contributed by atoms with Crippen molar-refractivity contribution in [2.45, 2.75) is 25.9 Å². The monoisotopic (exact) mass is 232 g/mol. The highest BCUT2D eigenvalue weighted by atomic mass is 32.2. The lowest BCUT2D eigenvalue weighted by atomic mass is 10.1. The van der Waals surface area contributed by atoms with Gasteiger partial charge in [-0.15, -0.1) is 0 Å². The predicted molar refractivity (Wildman–Crippen MR) is 58.6 cm³/mol. The number of aliphatic hydroxyl groups excluding tert-OH is 1. The second-order valence-electron chi connectivity index (χ2n) is 3.84. The van der Waals surface area contributed by atoms with Crippen LogP contribution in [0.1, 0.15) is 13.8 Å². The van der Waals surface area contributed by atoms with Crippen LogP contribution in [-0.4, -0.2) is 40.7 Å². The molecule has 6 heteroatoms. The van der Waals surface area contributed by atoms with E-state index in [1.54, 1.807) is 0 Å². The van der Waals surface area contributed by atoms with Gasteiger partial charge >= 0.3 is 0 Å². The van der Waals surface area contributed by atoms with Gasteiger partial charge in [0.15, 0.2) is 0 Å². The van der Waals surface area contributed by atoms with Crippen molar-refractivity contribution in [1.29, 1.82) is 0 Å². The maximum Gasteiger partial charge on any atom is 0.279 e. The Morgan fingerprint density at radius 1 is 1.73 bits per heavy atom. The second-order valence-corrected chi connectivity index (χ2v) is 4.83. The van der Waals surface area contributed by atoms with Crippen LogP contribution in [0.5, 0.6) is 0 Å². The highest BCUT2D eigenvalue weighted by Crippen LogP contribution is 2.13. The summed E-state index contributed by atoms with van der Waals surface area (Å²) in [5, 5.41) is 14.1. The maximum atomic E-state index is 11.6. The zero-order valence-electron chi connectivity index (χ0n) is 8.82. The van der Waals surface area contributed by atoms with E-state index >= 15 is 0 Å². The molecular formula is C9H16N2O3S. The van der Waals surface area contributed by atoms with Gasteiger partial charge in [0, 0.05) is 5.75 Å². The first-order valence-electron chi connectivity index (χ1n) is 4.89. The van der Waals surface area contributed by atoms with E-state index in [0.717, 1.165) is 11.8 Å². The number of aliphatic hydroxyl groups is 1. The molecule has 0 aromatic carbocycles. The van der Waals surface area contributed by atoms with Gasteiger partial charge in [-0.2, -0.15) is 0 Å². The van der Waals surface area contributed by atoms with Gasteiger partial charge in [-0.1, -0.05) is 25.6 Å². The average Bonchev–Trinajstić information content (AvgIpc) is 2.60. The number of carbonyl (C=O) groups excluding carboxylic acids is 2. The van der Waals surface area contributed by atoms with E-state index in [-0.39, 0.29) is 29.7 Å². The first-order chi connectivity index (χ1) is 7.04. The number of nitrogens with one attached hydrogen (secondary N) is 2. The van der Waals surface area contributed by atoms with Gasteiger partial charge in [0.25, 0.3) is 5.24 Å². The fourth-order valence-corrected chi connectivity index (χ4v) is 2.01. The Hall–Kier alpha value is -0.750. The summed E-state index contributed by atoms with van der Waals surface area (Å²) in [5.41, 5.74) is 0. The fourth-order valence-electron chi connectivity index (χ4n) is 1.23. The molecule has 1 rings (SSSR count). The third kappa shape index (κ3) is 3.39. The van der Waals surface area contributed by atoms with Crippen molar-refractivity contribution >= 4 is 22.9 Å². The van der Waals surface area contributed by atoms with E-state index < -0.39 is 6.04 Å². The number of thioether (sulfide) groups is 1. The van der Waals surface area contributed by atoms with Crippen molar-refractivity contribution in [3.63, 3.8) is 0 Å². The third-order valence-electron chi connectivity index (χ3n) is 2.32. The molecule has 15 heavy (non-hydrogen) atoms. The van der Waals surface area contributed by atoms with E-state index in [4.69, 9.17) is 5.11 Å². The summed E-state index contributed by atoms with van der Waals surface area (Å²) in [6, 6.07) is -0.713. The number of rotatable bonds is 4. The smallest absolute Gasteiger partial charge is 0.279 e. The summed E-state index contributed by atoms with van der Waals surface area (Å²) in [7, 11) is 0. The zero-order valence-corrected chi connectivity index (χ0v) is 9.63. The van der Waals surface area contributed by atoms with E-state index in [1.165, 1.54) is 0 Å². The number of hydrogen-bond acceptors (Lipinski definition) is 4. The predicted octanol–water partition coefficient (Wildman–Crippen LogP) is -0.0555. The molecule has 1 unspecified atom stereocenters. The van der Waals surface area contributed by atoms with Crippen molar-refractivity contribution in [2.75, 3.05) is 12.4 Å². The van der Waals surface area contributed by atoms with Crippen LogP contribution in [0.15, 0.2) is 0 Å². The van der Waals surface area contributed by atoms with E-state index in [2.05, 4.69) is 10.6 Å². The molecule has 0 saturated carbocycles. The van der Waals surface area contributed by atoms with Crippen LogP contribution in [-0.2, 0) is 4.79 Å². The van der Waals surface area contributed by atoms with Gasteiger partial charge in [0.05, 0.1) is 12.6 Å². The molecule has 0 aliphatic carbocycles. The molecule has 2 atom stereocenters. The molecule has 0 aromatic heterocycles. The lowest BCUT2D eigenvalue weighted by molar-refractivity contribution is -0.123. The lowest BCUT2D eigenvalue weighted by Crippen LogP contribution is -2.49. The van der Waals surface area contributed by atoms with Crippen LogP contribution >= 0.6 is 11.8 Å². The average molecular weight is 232 g/mol. The SMILES string of the molecule is CC(C)[C@@H](CO)NC(=O)C1CSC(=O)N1. The maximum absolute atomic E-state index is 11.6. The lowest BCUT2D eigenvalue weighted by Gasteiger charge is -2.21. The molecule has 0 bridgehead atoms. The third-order valence-corrected chi connectivity index (χ3v) is 3.20. The van der Waals surface area contributed by atoms with Crippen LogP contribution < -0.4 is 10.6 Å². The topological polar surface area (TPSA) is 78.4 Å². The number of carbonyl (C=O) groups is 2. The quantitative estimate of drug-likeness (QED) is 0.635. The van der Waals surface area contributed by atoms with Gasteiger partial charge in [0.2, 0.25) is 5.91 Å². The number of amides is 2. The minimum atomic E-state index is -0.463. The highest BCUT2D eigenvalue weighted by Gasteiger charge is 2.29. The van der Waals surface area contributed by atoms with Gasteiger partial charge in [-0.25, -0.2) is 0 Å². The van der Waals surface area contributed by atoms with Crippen molar-refractivity contribution in [3.05, 3.63) is 0 Å². The standard InChI is InChI=1S/C9H16N2O3S/c1-5(2)6(3-12)10-8(13)7-4-15-9(14)11-7/h5-7,12H,3-4H2,1-2H3,(H,10,13)(H,11,14)/t6-,7?/m1/s1. The van der Waals surface area contributed by atoms with Crippen LogP contribution in [0.3, 0.4) is 0 Å². The molecular weight excluding hydrogens is 216 g/mol.